The molecule has 5 heteroatoms. The molecule has 0 aromatic carbocycles. The largest absolute Gasteiger partial charge is 0.311 e. The fourth-order valence-electron chi connectivity index (χ4n) is 3.47. The van der Waals surface area contributed by atoms with Crippen molar-refractivity contribution in [1.82, 2.24) is 25.2 Å². The molecule has 2 atom stereocenters. The van der Waals surface area contributed by atoms with Crippen LogP contribution >= 0.6 is 0 Å². The zero-order valence-electron chi connectivity index (χ0n) is 11.6. The third-order valence-corrected chi connectivity index (χ3v) is 4.86. The van der Waals surface area contributed by atoms with Gasteiger partial charge >= 0.3 is 0 Å². The lowest BCUT2D eigenvalue weighted by Gasteiger charge is -2.40. The van der Waals surface area contributed by atoms with Gasteiger partial charge in [-0.2, -0.15) is 0 Å². The summed E-state index contributed by atoms with van der Waals surface area (Å²) in [6.45, 7) is 3.34. The molecule has 2 saturated carbocycles. The van der Waals surface area contributed by atoms with Gasteiger partial charge in [0, 0.05) is 45.0 Å². The summed E-state index contributed by atoms with van der Waals surface area (Å²) in [5.74, 6) is 1.86. The summed E-state index contributed by atoms with van der Waals surface area (Å²) < 4.78 is 1.81. The highest BCUT2D eigenvalue weighted by Crippen LogP contribution is 2.39. The van der Waals surface area contributed by atoms with Gasteiger partial charge in [-0.1, -0.05) is 5.21 Å². The predicted octanol–water partition coefficient (Wildman–Crippen LogP) is 0.777. The Balaban J connectivity index is 1.47. The smallest absolute Gasteiger partial charge is 0.0967 e. The van der Waals surface area contributed by atoms with E-state index in [1.54, 1.807) is 0 Å². The van der Waals surface area contributed by atoms with Crippen molar-refractivity contribution in [3.8, 4) is 0 Å². The lowest BCUT2D eigenvalue weighted by atomic mass is 10.0. The summed E-state index contributed by atoms with van der Waals surface area (Å²) in [5, 5.41) is 12.1. The Morgan fingerprint density at radius 1 is 1.26 bits per heavy atom. The van der Waals surface area contributed by atoms with Crippen LogP contribution in [0.25, 0.3) is 0 Å². The second kappa shape index (κ2) is 4.56. The quantitative estimate of drug-likeness (QED) is 0.870. The van der Waals surface area contributed by atoms with E-state index < -0.39 is 0 Å². The van der Waals surface area contributed by atoms with E-state index in [-0.39, 0.29) is 0 Å². The lowest BCUT2D eigenvalue weighted by molar-refractivity contribution is 0.0990. The van der Waals surface area contributed by atoms with Crippen molar-refractivity contribution in [1.29, 1.82) is 0 Å². The van der Waals surface area contributed by atoms with E-state index in [2.05, 4.69) is 26.7 Å². The van der Waals surface area contributed by atoms with E-state index in [9.17, 15) is 0 Å². The molecule has 1 aromatic heterocycles. The van der Waals surface area contributed by atoms with Gasteiger partial charge in [-0.05, 0) is 37.5 Å². The van der Waals surface area contributed by atoms with Crippen molar-refractivity contribution >= 4 is 0 Å². The van der Waals surface area contributed by atoms with Gasteiger partial charge in [-0.25, -0.2) is 0 Å². The molecule has 1 aliphatic heterocycles. The van der Waals surface area contributed by atoms with E-state index in [0.717, 1.165) is 30.1 Å². The predicted molar refractivity (Wildman–Crippen MR) is 72.4 cm³/mol. The molecule has 0 radical (unpaired) electrons. The number of nitrogens with one attached hydrogen (secondary N) is 1. The van der Waals surface area contributed by atoms with Crippen LogP contribution in [0.4, 0.5) is 0 Å². The summed E-state index contributed by atoms with van der Waals surface area (Å²) in [6, 6.07) is 1.43. The van der Waals surface area contributed by atoms with Crippen molar-refractivity contribution in [2.45, 2.75) is 44.3 Å². The molecule has 0 spiro atoms. The number of rotatable bonds is 4. The molecule has 0 bridgehead atoms. The molecule has 4 rings (SSSR count). The maximum absolute atomic E-state index is 4.26. The van der Waals surface area contributed by atoms with Gasteiger partial charge in [-0.3, -0.25) is 9.58 Å². The second-order valence-electron chi connectivity index (χ2n) is 6.57. The molecule has 2 aliphatic carbocycles. The Bertz CT molecular complexity index is 448. The van der Waals surface area contributed by atoms with Crippen molar-refractivity contribution in [3.05, 3.63) is 11.9 Å². The molecule has 2 unspecified atom stereocenters. The van der Waals surface area contributed by atoms with E-state index in [1.165, 1.54) is 38.8 Å². The topological polar surface area (TPSA) is 46.0 Å². The van der Waals surface area contributed by atoms with Gasteiger partial charge < -0.3 is 5.32 Å². The maximum atomic E-state index is 4.26. The van der Waals surface area contributed by atoms with E-state index in [1.807, 2.05) is 11.7 Å². The molecular weight excluding hydrogens is 238 g/mol. The fourth-order valence-corrected chi connectivity index (χ4v) is 3.47. The van der Waals surface area contributed by atoms with Gasteiger partial charge in [0.2, 0.25) is 0 Å². The van der Waals surface area contributed by atoms with Crippen LogP contribution in [-0.2, 0) is 13.6 Å². The maximum Gasteiger partial charge on any atom is 0.0967 e. The third kappa shape index (κ3) is 2.54. The second-order valence-corrected chi connectivity index (χ2v) is 6.57. The number of aromatic nitrogens is 3. The average molecular weight is 261 g/mol. The molecule has 1 N–H and O–H groups in total. The van der Waals surface area contributed by atoms with Crippen LogP contribution in [-0.4, -0.2) is 45.1 Å². The summed E-state index contributed by atoms with van der Waals surface area (Å²) in [6.07, 6.45) is 7.72. The van der Waals surface area contributed by atoms with E-state index in [0.29, 0.717) is 6.04 Å². The molecule has 104 valence electrons. The minimum Gasteiger partial charge on any atom is -0.311 e. The minimum absolute atomic E-state index is 0.715. The lowest BCUT2D eigenvalue weighted by Crippen LogP contribution is -2.57. The van der Waals surface area contributed by atoms with Gasteiger partial charge in [-0.15, -0.1) is 5.10 Å². The van der Waals surface area contributed by atoms with E-state index in [4.69, 9.17) is 0 Å². The summed E-state index contributed by atoms with van der Waals surface area (Å²) in [5.41, 5.74) is 1.12. The average Bonchev–Trinajstić information content (AvgIpc) is 3.29. The summed E-state index contributed by atoms with van der Waals surface area (Å²) >= 11 is 0. The zero-order valence-corrected chi connectivity index (χ0v) is 11.6. The molecule has 19 heavy (non-hydrogen) atoms. The van der Waals surface area contributed by atoms with Gasteiger partial charge in [0.05, 0.1) is 5.69 Å². The summed E-state index contributed by atoms with van der Waals surface area (Å²) in [4.78, 5) is 2.67. The number of piperazine rings is 1. The third-order valence-electron chi connectivity index (χ3n) is 4.86. The zero-order chi connectivity index (χ0) is 12.8. The molecule has 5 nitrogen and oxygen atoms in total. The first-order valence-electron chi connectivity index (χ1n) is 7.62. The van der Waals surface area contributed by atoms with Crippen molar-refractivity contribution in [2.75, 3.05) is 13.1 Å². The number of aryl methyl sites for hydroxylation is 1. The molecule has 3 aliphatic rings. The molecular formula is C14H23N5. The van der Waals surface area contributed by atoms with Crippen LogP contribution in [0.3, 0.4) is 0 Å². The summed E-state index contributed by atoms with van der Waals surface area (Å²) in [7, 11) is 1.94. The number of hydrogen-bond donors (Lipinski definition) is 1. The minimum atomic E-state index is 0.715. The van der Waals surface area contributed by atoms with Crippen LogP contribution in [0.1, 0.15) is 31.4 Å². The van der Waals surface area contributed by atoms with Crippen LogP contribution in [0.15, 0.2) is 6.20 Å². The fraction of sp³-hybridized carbons (Fsp3) is 0.857. The van der Waals surface area contributed by atoms with Gasteiger partial charge in [0.1, 0.15) is 0 Å². The van der Waals surface area contributed by atoms with Crippen LogP contribution in [0.2, 0.25) is 0 Å². The number of nitrogens with zero attached hydrogens (tertiary/aromatic N) is 4. The first-order chi connectivity index (χ1) is 9.29. The van der Waals surface area contributed by atoms with Crippen molar-refractivity contribution in [3.63, 3.8) is 0 Å². The molecule has 1 saturated heterocycles. The normalized spacial score (nSPS) is 32.7. The van der Waals surface area contributed by atoms with Crippen LogP contribution in [0, 0.1) is 11.8 Å². The van der Waals surface area contributed by atoms with Crippen LogP contribution < -0.4 is 5.32 Å². The Labute approximate surface area is 114 Å². The van der Waals surface area contributed by atoms with E-state index >= 15 is 0 Å². The van der Waals surface area contributed by atoms with Crippen LogP contribution in [0.5, 0.6) is 0 Å². The van der Waals surface area contributed by atoms with Crippen molar-refractivity contribution in [2.24, 2.45) is 18.9 Å². The molecule has 1 aromatic rings. The SMILES string of the molecule is Cn1cc(CN2CC(C3CC3)NCC2C2CC2)nn1. The van der Waals surface area contributed by atoms with Gasteiger partial charge in [0.15, 0.2) is 0 Å². The molecule has 3 fully saturated rings. The van der Waals surface area contributed by atoms with Crippen molar-refractivity contribution < 1.29 is 0 Å². The molecule has 0 amide bonds. The van der Waals surface area contributed by atoms with Gasteiger partial charge in [0.25, 0.3) is 0 Å². The highest BCUT2D eigenvalue weighted by atomic mass is 15.4. The monoisotopic (exact) mass is 261 g/mol. The first kappa shape index (κ1) is 11.9. The number of hydrogen-bond acceptors (Lipinski definition) is 4. The Hall–Kier alpha value is -0.940. The highest BCUT2D eigenvalue weighted by Gasteiger charge is 2.42. The highest BCUT2D eigenvalue weighted by molar-refractivity contribution is 5.02. The standard InChI is InChI=1S/C14H23N5/c1-18-7-12(16-17-18)8-19-9-13(10-2-3-10)15-6-14(19)11-4-5-11/h7,10-11,13-15H,2-6,8-9H2,1H3. The molecule has 2 heterocycles. The Morgan fingerprint density at radius 2 is 2.05 bits per heavy atom. The first-order valence-corrected chi connectivity index (χ1v) is 7.62. The Morgan fingerprint density at radius 3 is 2.68 bits per heavy atom. The Kier molecular flexibility index (Phi) is 2.84.